The third kappa shape index (κ3) is 3.83. The Morgan fingerprint density at radius 1 is 1.05 bits per heavy atom. The van der Waals surface area contributed by atoms with Gasteiger partial charge in [-0.05, 0) is 28.8 Å². The number of phenolic OH excluding ortho intramolecular Hbond substituents is 1. The van der Waals surface area contributed by atoms with Gasteiger partial charge in [0.15, 0.2) is 0 Å². The molecule has 0 radical (unpaired) electrons. The Morgan fingerprint density at radius 2 is 1.70 bits per heavy atom. The van der Waals surface area contributed by atoms with Crippen molar-refractivity contribution in [3.63, 3.8) is 0 Å². The van der Waals surface area contributed by atoms with E-state index in [-0.39, 0.29) is 11.7 Å². The van der Waals surface area contributed by atoms with E-state index in [1.54, 1.807) is 24.3 Å². The molecule has 0 fully saturated rings. The van der Waals surface area contributed by atoms with E-state index in [2.05, 4.69) is 5.32 Å². The number of carbonyl (C=O) groups is 1. The Kier molecular flexibility index (Phi) is 4.74. The van der Waals surface area contributed by atoms with Crippen molar-refractivity contribution in [1.29, 1.82) is 0 Å². The van der Waals surface area contributed by atoms with Crippen molar-refractivity contribution in [3.8, 4) is 5.75 Å². The van der Waals surface area contributed by atoms with Crippen molar-refractivity contribution in [3.05, 3.63) is 65.2 Å². The molecule has 0 saturated heterocycles. The van der Waals surface area contributed by atoms with Gasteiger partial charge in [-0.15, -0.1) is 0 Å². The van der Waals surface area contributed by atoms with Crippen molar-refractivity contribution in [2.45, 2.75) is 19.5 Å². The van der Waals surface area contributed by atoms with E-state index in [1.807, 2.05) is 24.3 Å². The van der Waals surface area contributed by atoms with Crippen LogP contribution < -0.4 is 11.1 Å². The van der Waals surface area contributed by atoms with E-state index in [1.165, 1.54) is 0 Å². The molecule has 2 rings (SSSR count). The number of hydrogen-bond donors (Lipinski definition) is 3. The number of amides is 1. The standard InChI is InChI=1S/C16H18N2O2/c17-10-14-4-2-1-3-13(14)9-16(20)18-11-12-5-7-15(19)8-6-12/h1-8,19H,9-11,17H2,(H,18,20). The normalized spacial score (nSPS) is 10.2. The molecule has 0 aliphatic rings. The molecule has 0 unspecified atom stereocenters. The van der Waals surface area contributed by atoms with E-state index in [0.29, 0.717) is 19.5 Å². The predicted molar refractivity (Wildman–Crippen MR) is 78.0 cm³/mol. The van der Waals surface area contributed by atoms with Crippen molar-refractivity contribution in [2.24, 2.45) is 5.73 Å². The van der Waals surface area contributed by atoms with Crippen LogP contribution in [0, 0.1) is 0 Å². The van der Waals surface area contributed by atoms with Crippen molar-refractivity contribution < 1.29 is 9.90 Å². The van der Waals surface area contributed by atoms with Crippen LogP contribution in [0.1, 0.15) is 16.7 Å². The van der Waals surface area contributed by atoms with Gasteiger partial charge >= 0.3 is 0 Å². The smallest absolute Gasteiger partial charge is 0.224 e. The lowest BCUT2D eigenvalue weighted by atomic mass is 10.0. The zero-order chi connectivity index (χ0) is 14.4. The minimum absolute atomic E-state index is 0.0426. The molecular weight excluding hydrogens is 252 g/mol. The van der Waals surface area contributed by atoms with Gasteiger partial charge in [-0.1, -0.05) is 36.4 Å². The summed E-state index contributed by atoms with van der Waals surface area (Å²) in [6.45, 7) is 0.880. The van der Waals surface area contributed by atoms with Gasteiger partial charge in [-0.2, -0.15) is 0 Å². The molecule has 0 spiro atoms. The quantitative estimate of drug-likeness (QED) is 0.774. The van der Waals surface area contributed by atoms with Crippen LogP contribution in [0.25, 0.3) is 0 Å². The van der Waals surface area contributed by atoms with Crippen LogP contribution in [-0.2, 0) is 24.3 Å². The third-order valence-electron chi connectivity index (χ3n) is 3.12. The second-order valence-electron chi connectivity index (χ2n) is 4.59. The average molecular weight is 270 g/mol. The van der Waals surface area contributed by atoms with E-state index in [4.69, 9.17) is 5.73 Å². The molecule has 0 heterocycles. The first-order valence-electron chi connectivity index (χ1n) is 6.50. The van der Waals surface area contributed by atoms with Crippen molar-refractivity contribution in [2.75, 3.05) is 0 Å². The number of aromatic hydroxyl groups is 1. The fourth-order valence-corrected chi connectivity index (χ4v) is 1.98. The summed E-state index contributed by atoms with van der Waals surface area (Å²) >= 11 is 0. The topological polar surface area (TPSA) is 75.4 Å². The van der Waals surface area contributed by atoms with Crippen LogP contribution in [0.4, 0.5) is 0 Å². The highest BCUT2D eigenvalue weighted by Crippen LogP contribution is 2.10. The highest BCUT2D eigenvalue weighted by Gasteiger charge is 2.06. The predicted octanol–water partition coefficient (Wildman–Crippen LogP) is 1.71. The lowest BCUT2D eigenvalue weighted by molar-refractivity contribution is -0.120. The molecule has 4 nitrogen and oxygen atoms in total. The van der Waals surface area contributed by atoms with Crippen LogP contribution in [0.3, 0.4) is 0 Å². The van der Waals surface area contributed by atoms with Crippen LogP contribution in [0.15, 0.2) is 48.5 Å². The molecule has 2 aromatic rings. The number of hydrogen-bond acceptors (Lipinski definition) is 3. The molecule has 0 atom stereocenters. The van der Waals surface area contributed by atoms with Gasteiger partial charge in [0.1, 0.15) is 5.75 Å². The van der Waals surface area contributed by atoms with Gasteiger partial charge in [0, 0.05) is 13.1 Å². The molecule has 104 valence electrons. The number of rotatable bonds is 5. The summed E-state index contributed by atoms with van der Waals surface area (Å²) in [6, 6.07) is 14.4. The monoisotopic (exact) mass is 270 g/mol. The Labute approximate surface area is 118 Å². The lowest BCUT2D eigenvalue weighted by Gasteiger charge is -2.08. The van der Waals surface area contributed by atoms with Gasteiger partial charge in [-0.3, -0.25) is 4.79 Å². The largest absolute Gasteiger partial charge is 0.508 e. The first kappa shape index (κ1) is 14.1. The fourth-order valence-electron chi connectivity index (χ4n) is 1.98. The van der Waals surface area contributed by atoms with Crippen LogP contribution in [0.5, 0.6) is 5.75 Å². The molecule has 0 aromatic heterocycles. The Balaban J connectivity index is 1.91. The van der Waals surface area contributed by atoms with Gasteiger partial charge in [0.05, 0.1) is 6.42 Å². The lowest BCUT2D eigenvalue weighted by Crippen LogP contribution is -2.25. The summed E-state index contributed by atoms with van der Waals surface area (Å²) in [5.41, 5.74) is 8.55. The maximum absolute atomic E-state index is 11.9. The molecule has 20 heavy (non-hydrogen) atoms. The van der Waals surface area contributed by atoms with Crippen LogP contribution >= 0.6 is 0 Å². The van der Waals surface area contributed by atoms with E-state index in [9.17, 15) is 9.90 Å². The molecule has 1 amide bonds. The SMILES string of the molecule is NCc1ccccc1CC(=O)NCc1ccc(O)cc1. The number of carbonyl (C=O) groups excluding carboxylic acids is 1. The molecule has 0 aliphatic heterocycles. The van der Waals surface area contributed by atoms with Gasteiger partial charge in [-0.25, -0.2) is 0 Å². The third-order valence-corrected chi connectivity index (χ3v) is 3.12. The Bertz CT molecular complexity index is 579. The second kappa shape index (κ2) is 6.73. The second-order valence-corrected chi connectivity index (χ2v) is 4.59. The number of nitrogens with one attached hydrogen (secondary N) is 1. The average Bonchev–Trinajstić information content (AvgIpc) is 2.47. The Hall–Kier alpha value is -2.33. The van der Waals surface area contributed by atoms with Gasteiger partial charge in [0.2, 0.25) is 5.91 Å². The summed E-state index contributed by atoms with van der Waals surface area (Å²) in [5, 5.41) is 12.0. The molecule has 0 aliphatic carbocycles. The van der Waals surface area contributed by atoms with E-state index in [0.717, 1.165) is 16.7 Å². The summed E-state index contributed by atoms with van der Waals surface area (Å²) < 4.78 is 0. The summed E-state index contributed by atoms with van der Waals surface area (Å²) in [6.07, 6.45) is 0.325. The number of benzene rings is 2. The minimum atomic E-state index is -0.0426. The molecule has 0 saturated carbocycles. The van der Waals surface area contributed by atoms with E-state index < -0.39 is 0 Å². The molecular formula is C16H18N2O2. The van der Waals surface area contributed by atoms with Crippen LogP contribution in [0.2, 0.25) is 0 Å². The molecule has 0 bridgehead atoms. The highest BCUT2D eigenvalue weighted by molar-refractivity contribution is 5.78. The molecule has 4 N–H and O–H groups in total. The van der Waals surface area contributed by atoms with Crippen molar-refractivity contribution >= 4 is 5.91 Å². The first-order chi connectivity index (χ1) is 9.69. The van der Waals surface area contributed by atoms with Gasteiger partial charge in [0.25, 0.3) is 0 Å². The summed E-state index contributed by atoms with van der Waals surface area (Å²) in [4.78, 5) is 11.9. The zero-order valence-electron chi connectivity index (χ0n) is 11.2. The first-order valence-corrected chi connectivity index (χ1v) is 6.50. The van der Waals surface area contributed by atoms with Gasteiger partial charge < -0.3 is 16.2 Å². The van der Waals surface area contributed by atoms with Crippen LogP contribution in [-0.4, -0.2) is 11.0 Å². The minimum Gasteiger partial charge on any atom is -0.508 e. The number of nitrogens with two attached hydrogens (primary N) is 1. The molecule has 4 heteroatoms. The summed E-state index contributed by atoms with van der Waals surface area (Å²) in [5.74, 6) is 0.177. The van der Waals surface area contributed by atoms with E-state index >= 15 is 0 Å². The zero-order valence-corrected chi connectivity index (χ0v) is 11.2. The highest BCUT2D eigenvalue weighted by atomic mass is 16.3. The maximum atomic E-state index is 11.9. The fraction of sp³-hybridized carbons (Fsp3) is 0.188. The summed E-state index contributed by atoms with van der Waals surface area (Å²) in [7, 11) is 0. The Morgan fingerprint density at radius 3 is 2.35 bits per heavy atom. The number of phenols is 1. The molecule has 2 aromatic carbocycles. The van der Waals surface area contributed by atoms with Crippen molar-refractivity contribution in [1.82, 2.24) is 5.32 Å². The maximum Gasteiger partial charge on any atom is 0.224 e.